The Morgan fingerprint density at radius 2 is 0.939 bits per heavy atom. The van der Waals surface area contributed by atoms with Crippen molar-refractivity contribution in [3.63, 3.8) is 0 Å². The number of halogens is 15. The molecule has 4 nitrogen and oxygen atoms in total. The lowest BCUT2D eigenvalue weighted by Crippen LogP contribution is -2.73. The summed E-state index contributed by atoms with van der Waals surface area (Å²) in [7, 11) is 0. The molecule has 194 valence electrons. The maximum atomic E-state index is 13.4. The lowest BCUT2D eigenvalue weighted by Gasteiger charge is -2.40. The van der Waals surface area contributed by atoms with Crippen molar-refractivity contribution in [2.75, 3.05) is 13.2 Å². The van der Waals surface area contributed by atoms with Crippen LogP contribution in [0.15, 0.2) is 12.2 Å². The molecule has 0 aliphatic heterocycles. The minimum atomic E-state index is -8.51. The summed E-state index contributed by atoms with van der Waals surface area (Å²) in [5, 5.41) is 0. The molecule has 0 N–H and O–H groups in total. The Hall–Kier alpha value is -2.37. The van der Waals surface area contributed by atoms with Gasteiger partial charge in [-0.15, -0.1) is 0 Å². The van der Waals surface area contributed by atoms with E-state index in [1.54, 1.807) is 0 Å². The van der Waals surface area contributed by atoms with Crippen molar-refractivity contribution in [3.05, 3.63) is 12.2 Å². The summed E-state index contributed by atoms with van der Waals surface area (Å²) in [5.41, 5.74) is -0.336. The van der Waals surface area contributed by atoms with Crippen LogP contribution in [-0.4, -0.2) is 66.9 Å². The molecule has 0 saturated carbocycles. The van der Waals surface area contributed by atoms with Gasteiger partial charge >= 0.3 is 53.7 Å². The van der Waals surface area contributed by atoms with E-state index in [0.29, 0.717) is 0 Å². The molecule has 0 aliphatic carbocycles. The van der Waals surface area contributed by atoms with Crippen LogP contribution in [0.4, 0.5) is 65.9 Å². The minimum absolute atomic E-state index is 0.336. The zero-order valence-electron chi connectivity index (χ0n) is 15.4. The first-order valence-electron chi connectivity index (χ1n) is 7.58. The topological polar surface area (TPSA) is 52.6 Å². The molecule has 0 unspecified atom stereocenters. The lowest BCUT2D eigenvalue weighted by molar-refractivity contribution is -0.450. The fourth-order valence-electron chi connectivity index (χ4n) is 1.58. The molecule has 33 heavy (non-hydrogen) atoms. The van der Waals surface area contributed by atoms with Gasteiger partial charge in [0.05, 0.1) is 0 Å². The standard InChI is InChI=1S/C14H9F15O4/c1-5(2)6(30)32-3-4-33-7(31)8(15,16)9(17,18)10(19,20)11(21,22)12(23,24)13(25,26)14(27,28)29/h1,3-4H2,2H3. The van der Waals surface area contributed by atoms with E-state index in [1.807, 2.05) is 0 Å². The number of rotatable bonds is 10. The van der Waals surface area contributed by atoms with Gasteiger partial charge < -0.3 is 9.47 Å². The monoisotopic (exact) mass is 526 g/mol. The maximum Gasteiger partial charge on any atom is 0.460 e. The average molecular weight is 526 g/mol. The van der Waals surface area contributed by atoms with Crippen molar-refractivity contribution < 1.29 is 84.9 Å². The number of carbonyl (C=O) groups is 2. The molecule has 0 aromatic heterocycles. The van der Waals surface area contributed by atoms with Gasteiger partial charge in [-0.05, 0) is 6.92 Å². The molecule has 0 bridgehead atoms. The largest absolute Gasteiger partial charge is 0.460 e. The Kier molecular flexibility index (Phi) is 8.14. The molecule has 0 fully saturated rings. The molecule has 0 saturated heterocycles. The first-order chi connectivity index (χ1) is 14.2. The average Bonchev–Trinajstić information content (AvgIpc) is 2.62. The molecular weight excluding hydrogens is 517 g/mol. The Balaban J connectivity index is 6.00. The van der Waals surface area contributed by atoms with Gasteiger partial charge in [-0.2, -0.15) is 65.9 Å². The fourth-order valence-corrected chi connectivity index (χ4v) is 1.58. The minimum Gasteiger partial charge on any atom is -0.459 e. The molecule has 0 spiro atoms. The van der Waals surface area contributed by atoms with E-state index < -0.39 is 66.9 Å². The highest BCUT2D eigenvalue weighted by molar-refractivity contribution is 5.86. The van der Waals surface area contributed by atoms with Gasteiger partial charge in [0.25, 0.3) is 0 Å². The first-order valence-corrected chi connectivity index (χ1v) is 7.58. The third kappa shape index (κ3) is 4.80. The quantitative estimate of drug-likeness (QED) is 0.174. The molecule has 19 heteroatoms. The van der Waals surface area contributed by atoms with Gasteiger partial charge in [-0.1, -0.05) is 6.58 Å². The Morgan fingerprint density at radius 3 is 1.30 bits per heavy atom. The van der Waals surface area contributed by atoms with Crippen molar-refractivity contribution in [2.24, 2.45) is 0 Å². The van der Waals surface area contributed by atoms with Gasteiger partial charge in [-0.3, -0.25) is 0 Å². The van der Waals surface area contributed by atoms with Crippen LogP contribution < -0.4 is 0 Å². The predicted octanol–water partition coefficient (Wildman–Crippen LogP) is 5.02. The van der Waals surface area contributed by atoms with Crippen LogP contribution in [0.1, 0.15) is 6.92 Å². The fraction of sp³-hybridized carbons (Fsp3) is 0.714. The highest BCUT2D eigenvalue weighted by Crippen LogP contribution is 2.62. The predicted molar refractivity (Wildman–Crippen MR) is 72.5 cm³/mol. The number of hydrogen-bond donors (Lipinski definition) is 0. The van der Waals surface area contributed by atoms with Crippen LogP contribution in [0.2, 0.25) is 0 Å². The molecule has 0 rings (SSSR count). The summed E-state index contributed by atoms with van der Waals surface area (Å²) in [6.45, 7) is 1.17. The Bertz CT molecular complexity index is 769. The number of carbonyl (C=O) groups excluding carboxylic acids is 2. The second kappa shape index (κ2) is 8.77. The summed E-state index contributed by atoms with van der Waals surface area (Å²) >= 11 is 0. The van der Waals surface area contributed by atoms with E-state index in [0.717, 1.165) is 6.92 Å². The van der Waals surface area contributed by atoms with E-state index in [9.17, 15) is 75.4 Å². The normalized spacial score (nSPS) is 14.7. The van der Waals surface area contributed by atoms with E-state index in [-0.39, 0.29) is 5.57 Å². The van der Waals surface area contributed by atoms with E-state index in [4.69, 9.17) is 0 Å². The Labute approximate surface area is 172 Å². The highest BCUT2D eigenvalue weighted by Gasteiger charge is 2.94. The van der Waals surface area contributed by atoms with Crippen molar-refractivity contribution >= 4 is 11.9 Å². The van der Waals surface area contributed by atoms with Crippen molar-refractivity contribution in [2.45, 2.75) is 48.6 Å². The van der Waals surface area contributed by atoms with Crippen LogP contribution in [0.25, 0.3) is 0 Å². The SMILES string of the molecule is C=C(C)C(=O)OCCOC(=O)C(F)(F)C(F)(F)C(F)(F)C(F)(F)C(F)(F)C(F)(F)C(F)(F)F. The molecular formula is C14H9F15O4. The number of alkyl halides is 15. The molecule has 0 aromatic rings. The van der Waals surface area contributed by atoms with E-state index >= 15 is 0 Å². The summed E-state index contributed by atoms with van der Waals surface area (Å²) < 4.78 is 202. The van der Waals surface area contributed by atoms with Gasteiger partial charge in [0.1, 0.15) is 13.2 Å². The molecule has 0 aromatic carbocycles. The van der Waals surface area contributed by atoms with Crippen molar-refractivity contribution in [3.8, 4) is 0 Å². The first kappa shape index (κ1) is 30.6. The van der Waals surface area contributed by atoms with Crippen molar-refractivity contribution in [1.29, 1.82) is 0 Å². The van der Waals surface area contributed by atoms with Crippen LogP contribution >= 0.6 is 0 Å². The van der Waals surface area contributed by atoms with Crippen LogP contribution in [0, 0.1) is 0 Å². The summed E-state index contributed by atoms with van der Waals surface area (Å²) in [5.74, 6) is -53.8. The van der Waals surface area contributed by atoms with Crippen LogP contribution in [0.5, 0.6) is 0 Å². The van der Waals surface area contributed by atoms with Crippen molar-refractivity contribution in [1.82, 2.24) is 0 Å². The Morgan fingerprint density at radius 1 is 0.606 bits per heavy atom. The van der Waals surface area contributed by atoms with E-state index in [1.165, 1.54) is 0 Å². The van der Waals surface area contributed by atoms with Crippen LogP contribution in [0.3, 0.4) is 0 Å². The van der Waals surface area contributed by atoms with Gasteiger partial charge in [0.2, 0.25) is 0 Å². The van der Waals surface area contributed by atoms with E-state index in [2.05, 4.69) is 16.1 Å². The number of hydrogen-bond acceptors (Lipinski definition) is 4. The smallest absolute Gasteiger partial charge is 0.459 e. The molecule has 0 heterocycles. The lowest BCUT2D eigenvalue weighted by atomic mass is 9.91. The summed E-state index contributed by atoms with van der Waals surface area (Å²) in [6.07, 6.45) is -7.73. The van der Waals surface area contributed by atoms with Crippen LogP contribution in [-0.2, 0) is 19.1 Å². The van der Waals surface area contributed by atoms with Gasteiger partial charge in [0.15, 0.2) is 0 Å². The molecule has 0 amide bonds. The van der Waals surface area contributed by atoms with Gasteiger partial charge in [0, 0.05) is 5.57 Å². The summed E-state index contributed by atoms with van der Waals surface area (Å²) in [4.78, 5) is 21.9. The summed E-state index contributed by atoms with van der Waals surface area (Å²) in [6, 6.07) is 0. The zero-order chi connectivity index (χ0) is 27.1. The zero-order valence-corrected chi connectivity index (χ0v) is 15.4. The number of ether oxygens (including phenoxy) is 2. The maximum absolute atomic E-state index is 13.4. The van der Waals surface area contributed by atoms with Gasteiger partial charge in [-0.25, -0.2) is 9.59 Å². The highest BCUT2D eigenvalue weighted by atomic mass is 19.4. The molecule has 0 radical (unpaired) electrons. The molecule has 0 atom stereocenters. The third-order valence-corrected chi connectivity index (χ3v) is 3.48. The number of esters is 2. The molecule has 0 aliphatic rings. The second-order valence-corrected chi connectivity index (χ2v) is 6.00. The third-order valence-electron chi connectivity index (χ3n) is 3.48. The second-order valence-electron chi connectivity index (χ2n) is 6.00.